The molecule has 1 heterocycles. The number of rotatable bonds is 7. The van der Waals surface area contributed by atoms with Crippen LogP contribution in [0.3, 0.4) is 0 Å². The van der Waals surface area contributed by atoms with Crippen LogP contribution in [0.15, 0.2) is 48.7 Å². The summed E-state index contributed by atoms with van der Waals surface area (Å²) in [6.45, 7) is 6.73. The number of hydrogen-bond donors (Lipinski definition) is 0. The fourth-order valence-corrected chi connectivity index (χ4v) is 2.60. The molecule has 0 unspecified atom stereocenters. The number of aromatic nitrogens is 1. The summed E-state index contributed by atoms with van der Waals surface area (Å²) in [7, 11) is 2.07. The van der Waals surface area contributed by atoms with Crippen molar-refractivity contribution in [3.8, 4) is 0 Å². The summed E-state index contributed by atoms with van der Waals surface area (Å²) in [5, 5.41) is 0. The van der Waals surface area contributed by atoms with Crippen LogP contribution in [-0.4, -0.2) is 13.1 Å². The Bertz CT molecular complexity index is 593. The van der Waals surface area contributed by atoms with Gasteiger partial charge >= 0.3 is 0 Å². The van der Waals surface area contributed by atoms with Crippen LogP contribution in [0, 0.1) is 0 Å². The number of anilines is 1. The van der Waals surface area contributed by atoms with Crippen molar-refractivity contribution in [3.05, 3.63) is 59.9 Å². The van der Waals surface area contributed by atoms with Crippen LogP contribution in [0.25, 0.3) is 12.2 Å². The summed E-state index contributed by atoms with van der Waals surface area (Å²) in [5.74, 6) is 0. The smallest absolute Gasteiger partial charge is 0.204 e. The predicted molar refractivity (Wildman–Crippen MR) is 95.8 cm³/mol. The maximum absolute atomic E-state index is 2.46. The second-order valence-electron chi connectivity index (χ2n) is 5.65. The van der Waals surface area contributed by atoms with Crippen LogP contribution in [0.5, 0.6) is 0 Å². The van der Waals surface area contributed by atoms with E-state index in [0.29, 0.717) is 0 Å². The maximum atomic E-state index is 2.46. The van der Waals surface area contributed by atoms with Crippen molar-refractivity contribution in [2.45, 2.75) is 26.7 Å². The Labute approximate surface area is 134 Å². The Morgan fingerprint density at radius 1 is 0.909 bits per heavy atom. The lowest BCUT2D eigenvalue weighted by Gasteiger charge is -2.23. The summed E-state index contributed by atoms with van der Waals surface area (Å²) >= 11 is 0. The van der Waals surface area contributed by atoms with Gasteiger partial charge in [0.2, 0.25) is 5.69 Å². The standard InChI is InChI=1S/C20H27N2/c1-4-15-22(16-5-2)20-13-10-18(11-14-20)9-12-19-8-6-7-17-21(19)3/h6-14,17H,4-5,15-16H2,1-3H3/q+1. The average Bonchev–Trinajstić information content (AvgIpc) is 2.54. The van der Waals surface area contributed by atoms with Gasteiger partial charge in [-0.15, -0.1) is 0 Å². The molecule has 2 rings (SSSR count). The molecule has 2 heteroatoms. The van der Waals surface area contributed by atoms with Gasteiger partial charge in [-0.3, -0.25) is 0 Å². The van der Waals surface area contributed by atoms with E-state index in [-0.39, 0.29) is 0 Å². The van der Waals surface area contributed by atoms with Crippen molar-refractivity contribution in [3.63, 3.8) is 0 Å². The third-order valence-corrected chi connectivity index (χ3v) is 3.79. The number of hydrogen-bond acceptors (Lipinski definition) is 1. The highest BCUT2D eigenvalue weighted by atomic mass is 15.1. The van der Waals surface area contributed by atoms with E-state index in [0.717, 1.165) is 13.1 Å². The molecule has 116 valence electrons. The molecule has 1 aromatic heterocycles. The molecular formula is C20H27N2+. The molecule has 2 aromatic rings. The Hall–Kier alpha value is -2.09. The van der Waals surface area contributed by atoms with Gasteiger partial charge in [0.25, 0.3) is 0 Å². The number of pyridine rings is 1. The van der Waals surface area contributed by atoms with E-state index in [4.69, 9.17) is 0 Å². The number of nitrogens with zero attached hydrogens (tertiary/aromatic N) is 2. The zero-order valence-electron chi connectivity index (χ0n) is 14.0. The van der Waals surface area contributed by atoms with Gasteiger partial charge in [0.1, 0.15) is 7.05 Å². The first-order valence-corrected chi connectivity index (χ1v) is 8.22. The summed E-state index contributed by atoms with van der Waals surface area (Å²) in [4.78, 5) is 2.46. The highest BCUT2D eigenvalue weighted by Gasteiger charge is 2.04. The minimum Gasteiger partial charge on any atom is -0.372 e. The number of aryl methyl sites for hydroxylation is 1. The monoisotopic (exact) mass is 295 g/mol. The van der Waals surface area contributed by atoms with E-state index in [1.54, 1.807) is 0 Å². The zero-order valence-corrected chi connectivity index (χ0v) is 14.0. The molecule has 0 radical (unpaired) electrons. The van der Waals surface area contributed by atoms with E-state index >= 15 is 0 Å². The van der Waals surface area contributed by atoms with Gasteiger partial charge in [0.05, 0.1) is 0 Å². The third-order valence-electron chi connectivity index (χ3n) is 3.79. The second-order valence-corrected chi connectivity index (χ2v) is 5.65. The van der Waals surface area contributed by atoms with E-state index in [2.05, 4.69) is 85.1 Å². The van der Waals surface area contributed by atoms with Gasteiger partial charge in [-0.05, 0) is 42.7 Å². The SMILES string of the molecule is CCCN(CCC)c1ccc(C=Cc2cccc[n+]2C)cc1. The highest BCUT2D eigenvalue weighted by molar-refractivity contribution is 5.68. The molecule has 0 aliphatic rings. The van der Waals surface area contributed by atoms with Crippen molar-refractivity contribution in [2.24, 2.45) is 7.05 Å². The van der Waals surface area contributed by atoms with Crippen LogP contribution >= 0.6 is 0 Å². The van der Waals surface area contributed by atoms with Crippen LogP contribution in [0.4, 0.5) is 5.69 Å². The van der Waals surface area contributed by atoms with Gasteiger partial charge in [-0.1, -0.05) is 26.0 Å². The van der Waals surface area contributed by atoms with Crippen LogP contribution < -0.4 is 9.47 Å². The van der Waals surface area contributed by atoms with Crippen molar-refractivity contribution in [1.82, 2.24) is 0 Å². The molecule has 0 atom stereocenters. The van der Waals surface area contributed by atoms with Gasteiger partial charge < -0.3 is 4.90 Å². The van der Waals surface area contributed by atoms with Gasteiger partial charge in [-0.25, -0.2) is 4.57 Å². The van der Waals surface area contributed by atoms with Crippen LogP contribution in [0.2, 0.25) is 0 Å². The quantitative estimate of drug-likeness (QED) is 0.690. The largest absolute Gasteiger partial charge is 0.372 e. The molecule has 0 saturated carbocycles. The Morgan fingerprint density at radius 2 is 1.59 bits per heavy atom. The fraction of sp³-hybridized carbons (Fsp3) is 0.350. The van der Waals surface area contributed by atoms with E-state index < -0.39 is 0 Å². The lowest BCUT2D eigenvalue weighted by molar-refractivity contribution is -0.673. The Kier molecular flexibility index (Phi) is 6.20. The van der Waals surface area contributed by atoms with E-state index in [9.17, 15) is 0 Å². The molecule has 0 fully saturated rings. The van der Waals surface area contributed by atoms with Gasteiger partial charge in [0.15, 0.2) is 6.20 Å². The Balaban J connectivity index is 2.10. The normalized spacial score (nSPS) is 11.0. The molecule has 0 aliphatic carbocycles. The molecule has 0 N–H and O–H groups in total. The first-order valence-electron chi connectivity index (χ1n) is 8.22. The fourth-order valence-electron chi connectivity index (χ4n) is 2.60. The molecule has 1 aromatic carbocycles. The molecule has 0 saturated heterocycles. The van der Waals surface area contributed by atoms with Gasteiger partial charge in [0, 0.05) is 37.0 Å². The summed E-state index contributed by atoms with van der Waals surface area (Å²) < 4.78 is 2.12. The molecule has 0 aliphatic heterocycles. The van der Waals surface area contributed by atoms with Crippen LogP contribution in [0.1, 0.15) is 37.9 Å². The van der Waals surface area contributed by atoms with Crippen molar-refractivity contribution in [2.75, 3.05) is 18.0 Å². The van der Waals surface area contributed by atoms with Crippen molar-refractivity contribution in [1.29, 1.82) is 0 Å². The molecule has 22 heavy (non-hydrogen) atoms. The molecule has 0 spiro atoms. The lowest BCUT2D eigenvalue weighted by atomic mass is 10.1. The zero-order chi connectivity index (χ0) is 15.8. The average molecular weight is 295 g/mol. The minimum atomic E-state index is 1.13. The molecule has 2 nitrogen and oxygen atoms in total. The first kappa shape index (κ1) is 16.3. The van der Waals surface area contributed by atoms with Crippen LogP contribution in [-0.2, 0) is 7.05 Å². The summed E-state index contributed by atoms with van der Waals surface area (Å²) in [5.41, 5.74) is 3.76. The van der Waals surface area contributed by atoms with Gasteiger partial charge in [-0.2, -0.15) is 0 Å². The molecular weight excluding hydrogens is 268 g/mol. The van der Waals surface area contributed by atoms with E-state index in [1.165, 1.54) is 29.8 Å². The number of benzene rings is 1. The third kappa shape index (κ3) is 4.45. The Morgan fingerprint density at radius 3 is 2.18 bits per heavy atom. The molecule has 0 bridgehead atoms. The van der Waals surface area contributed by atoms with E-state index in [1.807, 2.05) is 6.07 Å². The summed E-state index contributed by atoms with van der Waals surface area (Å²) in [6, 6.07) is 15.1. The maximum Gasteiger partial charge on any atom is 0.204 e. The first-order chi connectivity index (χ1) is 10.7. The topological polar surface area (TPSA) is 7.12 Å². The van der Waals surface area contributed by atoms with Crippen molar-refractivity contribution >= 4 is 17.8 Å². The van der Waals surface area contributed by atoms with Crippen molar-refractivity contribution < 1.29 is 4.57 Å². The predicted octanol–water partition coefficient (Wildman–Crippen LogP) is 4.31. The summed E-state index contributed by atoms with van der Waals surface area (Å²) in [6.07, 6.45) is 8.77. The lowest BCUT2D eigenvalue weighted by Crippen LogP contribution is -2.30. The highest BCUT2D eigenvalue weighted by Crippen LogP contribution is 2.17. The molecule has 0 amide bonds. The second kappa shape index (κ2) is 8.38. The minimum absolute atomic E-state index is 1.13.